The van der Waals surface area contributed by atoms with Gasteiger partial charge in [0.25, 0.3) is 16.0 Å². The van der Waals surface area contributed by atoms with Crippen LogP contribution >= 0.6 is 0 Å². The summed E-state index contributed by atoms with van der Waals surface area (Å²) in [7, 11) is -3.57. The average molecular weight is 492 g/mol. The van der Waals surface area contributed by atoms with Crippen LogP contribution in [0, 0.1) is 5.82 Å². The van der Waals surface area contributed by atoms with Crippen molar-refractivity contribution in [1.82, 2.24) is 15.1 Å². The number of halogens is 1. The molecule has 0 radical (unpaired) electrons. The largest absolute Gasteiger partial charge is 0.359 e. The molecule has 34 heavy (non-hydrogen) atoms. The number of hydroxylamine groups is 1. The van der Waals surface area contributed by atoms with Crippen molar-refractivity contribution in [2.75, 3.05) is 26.0 Å². The van der Waals surface area contributed by atoms with E-state index >= 15 is 0 Å². The van der Waals surface area contributed by atoms with E-state index in [1.807, 2.05) is 0 Å². The van der Waals surface area contributed by atoms with Crippen LogP contribution in [0.2, 0.25) is 0 Å². The summed E-state index contributed by atoms with van der Waals surface area (Å²) in [5.74, 6) is -0.0298. The van der Waals surface area contributed by atoms with Gasteiger partial charge in [-0.2, -0.15) is 8.42 Å². The molecule has 1 saturated heterocycles. The summed E-state index contributed by atoms with van der Waals surface area (Å²) in [5.41, 5.74) is 1.38. The highest BCUT2D eigenvalue weighted by molar-refractivity contribution is 7.86. The van der Waals surface area contributed by atoms with Gasteiger partial charge in [0.15, 0.2) is 12.4 Å². The van der Waals surface area contributed by atoms with E-state index in [9.17, 15) is 17.6 Å². The van der Waals surface area contributed by atoms with E-state index in [2.05, 4.69) is 10.4 Å². The zero-order chi connectivity index (χ0) is 24.3. The van der Waals surface area contributed by atoms with Crippen LogP contribution in [0.5, 0.6) is 5.75 Å². The Labute approximate surface area is 197 Å². The SMILES string of the molecule is CC(CN1CN(Oc2cccc(C(=O)N3CCC[C@@H]3c3ccc(F)cc3)c2)N=N1)OS(C)(=O)=O. The molecule has 182 valence electrons. The van der Waals surface area contributed by atoms with Gasteiger partial charge in [-0.25, -0.2) is 9.40 Å². The lowest BCUT2D eigenvalue weighted by Crippen LogP contribution is -2.33. The summed E-state index contributed by atoms with van der Waals surface area (Å²) in [6.45, 7) is 2.60. The molecule has 2 aliphatic rings. The van der Waals surface area contributed by atoms with E-state index in [1.54, 1.807) is 48.2 Å². The first-order chi connectivity index (χ1) is 16.2. The van der Waals surface area contributed by atoms with Crippen LogP contribution < -0.4 is 4.84 Å². The van der Waals surface area contributed by atoms with Gasteiger partial charge in [-0.05, 0) is 66.1 Å². The van der Waals surface area contributed by atoms with Crippen LogP contribution in [0.4, 0.5) is 4.39 Å². The Morgan fingerprint density at radius 2 is 1.97 bits per heavy atom. The second kappa shape index (κ2) is 9.94. The Kier molecular flexibility index (Phi) is 6.98. The summed E-state index contributed by atoms with van der Waals surface area (Å²) in [5, 5.41) is 10.6. The Hall–Kier alpha value is -3.25. The van der Waals surface area contributed by atoms with Crippen molar-refractivity contribution < 1.29 is 26.6 Å². The maximum atomic E-state index is 13.3. The Morgan fingerprint density at radius 1 is 1.21 bits per heavy atom. The fourth-order valence-corrected chi connectivity index (χ4v) is 4.74. The Balaban J connectivity index is 1.37. The molecular formula is C22H26FN5O5S. The molecule has 10 nitrogen and oxygen atoms in total. The van der Waals surface area contributed by atoms with Crippen LogP contribution in [-0.4, -0.2) is 61.5 Å². The molecule has 1 amide bonds. The molecule has 1 unspecified atom stereocenters. The molecular weight excluding hydrogens is 465 g/mol. The van der Waals surface area contributed by atoms with E-state index in [0.29, 0.717) is 17.9 Å². The predicted octanol–water partition coefficient (Wildman–Crippen LogP) is 3.32. The van der Waals surface area contributed by atoms with Gasteiger partial charge in [0.1, 0.15) is 5.82 Å². The fraction of sp³-hybridized carbons (Fsp3) is 0.409. The number of amides is 1. The Bertz CT molecular complexity index is 1160. The molecule has 4 rings (SSSR count). The van der Waals surface area contributed by atoms with Crippen molar-refractivity contribution >= 4 is 16.0 Å². The summed E-state index contributed by atoms with van der Waals surface area (Å²) < 4.78 is 40.7. The molecule has 2 atom stereocenters. The number of carbonyl (C=O) groups is 1. The molecule has 2 aromatic carbocycles. The van der Waals surface area contributed by atoms with E-state index in [0.717, 1.165) is 24.7 Å². The van der Waals surface area contributed by atoms with E-state index < -0.39 is 16.2 Å². The molecule has 0 aromatic heterocycles. The standard InChI is InChI=1S/C22H26FN5O5S/c1-16(33-34(2,30)31)14-26-15-28(25-24-26)32-20-6-3-5-18(13-20)22(29)27-12-4-7-21(27)17-8-10-19(23)11-9-17/h3,5-6,8-11,13,16,21H,4,7,12,14-15H2,1-2H3/t16?,21-/m1/s1. The van der Waals surface area contributed by atoms with Crippen LogP contribution in [0.25, 0.3) is 0 Å². The number of benzene rings is 2. The van der Waals surface area contributed by atoms with E-state index in [-0.39, 0.29) is 31.0 Å². The minimum absolute atomic E-state index is 0.102. The number of likely N-dealkylation sites (tertiary alicyclic amines) is 1. The van der Waals surface area contributed by atoms with Crippen molar-refractivity contribution in [2.45, 2.75) is 31.9 Å². The zero-order valence-electron chi connectivity index (χ0n) is 18.9. The number of rotatable bonds is 8. The Morgan fingerprint density at radius 3 is 2.71 bits per heavy atom. The van der Waals surface area contributed by atoms with Crippen LogP contribution in [0.15, 0.2) is 59.0 Å². The lowest BCUT2D eigenvalue weighted by atomic mass is 10.0. The number of hydrogen-bond donors (Lipinski definition) is 0. The first-order valence-corrected chi connectivity index (χ1v) is 12.7. The summed E-state index contributed by atoms with van der Waals surface area (Å²) in [4.78, 5) is 20.8. The van der Waals surface area contributed by atoms with Gasteiger partial charge in [0.05, 0.1) is 24.9 Å². The first-order valence-electron chi connectivity index (χ1n) is 10.8. The van der Waals surface area contributed by atoms with E-state index in [1.165, 1.54) is 22.3 Å². The monoisotopic (exact) mass is 491 g/mol. The third-order valence-electron chi connectivity index (χ3n) is 5.42. The van der Waals surface area contributed by atoms with Gasteiger partial charge in [0.2, 0.25) is 0 Å². The number of carbonyl (C=O) groups excluding carboxylic acids is 1. The van der Waals surface area contributed by atoms with Crippen LogP contribution in [-0.2, 0) is 14.3 Å². The smallest absolute Gasteiger partial charge is 0.264 e. The number of nitrogens with zero attached hydrogens (tertiary/aromatic N) is 5. The van der Waals surface area contributed by atoms with E-state index in [4.69, 9.17) is 9.02 Å². The molecule has 0 N–H and O–H groups in total. The molecule has 2 heterocycles. The average Bonchev–Trinajstić information content (AvgIpc) is 3.42. The third-order valence-corrected chi connectivity index (χ3v) is 6.10. The van der Waals surface area contributed by atoms with Crippen molar-refractivity contribution in [1.29, 1.82) is 0 Å². The maximum Gasteiger partial charge on any atom is 0.264 e. The minimum Gasteiger partial charge on any atom is -0.359 e. The minimum atomic E-state index is -3.57. The molecule has 0 bridgehead atoms. The van der Waals surface area contributed by atoms with Gasteiger partial charge in [-0.1, -0.05) is 23.4 Å². The van der Waals surface area contributed by atoms with Gasteiger partial charge < -0.3 is 9.74 Å². The quantitative estimate of drug-likeness (QED) is 0.522. The first kappa shape index (κ1) is 23.9. The van der Waals surface area contributed by atoms with Crippen molar-refractivity contribution in [3.63, 3.8) is 0 Å². The van der Waals surface area contributed by atoms with Crippen molar-refractivity contribution in [3.05, 3.63) is 65.5 Å². The topological polar surface area (TPSA) is 104 Å². The van der Waals surface area contributed by atoms with Crippen molar-refractivity contribution in [2.24, 2.45) is 10.4 Å². The highest BCUT2D eigenvalue weighted by Crippen LogP contribution is 2.33. The molecule has 12 heteroatoms. The van der Waals surface area contributed by atoms with Crippen LogP contribution in [0.3, 0.4) is 0 Å². The molecule has 2 aliphatic heterocycles. The fourth-order valence-electron chi connectivity index (χ4n) is 4.08. The third kappa shape index (κ3) is 6.00. The predicted molar refractivity (Wildman–Crippen MR) is 120 cm³/mol. The summed E-state index contributed by atoms with van der Waals surface area (Å²) in [6, 6.07) is 12.9. The van der Waals surface area contributed by atoms with Gasteiger partial charge in [-0.3, -0.25) is 8.98 Å². The number of hydrogen-bond acceptors (Lipinski definition) is 9. The molecule has 1 fully saturated rings. The van der Waals surface area contributed by atoms with Crippen LogP contribution in [0.1, 0.15) is 41.7 Å². The lowest BCUT2D eigenvalue weighted by Gasteiger charge is -2.25. The van der Waals surface area contributed by atoms with Gasteiger partial charge in [-0.15, -0.1) is 0 Å². The molecule has 0 spiro atoms. The van der Waals surface area contributed by atoms with Gasteiger partial charge in [0, 0.05) is 12.1 Å². The zero-order valence-corrected chi connectivity index (χ0v) is 19.7. The molecule has 0 aliphatic carbocycles. The highest BCUT2D eigenvalue weighted by Gasteiger charge is 2.31. The van der Waals surface area contributed by atoms with Crippen molar-refractivity contribution in [3.8, 4) is 5.75 Å². The lowest BCUT2D eigenvalue weighted by molar-refractivity contribution is -0.0681. The normalized spacial score (nSPS) is 19.0. The highest BCUT2D eigenvalue weighted by atomic mass is 32.2. The van der Waals surface area contributed by atoms with Gasteiger partial charge >= 0.3 is 0 Å². The summed E-state index contributed by atoms with van der Waals surface area (Å²) >= 11 is 0. The second-order valence-electron chi connectivity index (χ2n) is 8.30. The maximum absolute atomic E-state index is 13.3. The second-order valence-corrected chi connectivity index (χ2v) is 9.90. The molecule has 0 saturated carbocycles. The summed E-state index contributed by atoms with van der Waals surface area (Å²) in [6.07, 6.45) is 2.07. The molecule has 2 aromatic rings.